The van der Waals surface area contributed by atoms with E-state index in [1.165, 1.54) is 40.5 Å². The number of anilines is 1. The van der Waals surface area contributed by atoms with E-state index in [1.807, 2.05) is 25.1 Å². The van der Waals surface area contributed by atoms with E-state index < -0.39 is 29.3 Å². The predicted molar refractivity (Wildman–Crippen MR) is 124 cm³/mol. The van der Waals surface area contributed by atoms with Crippen LogP contribution in [0.2, 0.25) is 0 Å². The number of halogens is 1. The normalized spacial score (nSPS) is 17.8. The van der Waals surface area contributed by atoms with Crippen LogP contribution >= 0.6 is 11.3 Å². The first kappa shape index (κ1) is 20.8. The molecule has 8 heteroatoms. The SMILES string of the molecule is Cc1ccc2nc(N3C(=O)C(=O)/C(=C(/O)c4ccc(F)cc4)C3c3cccc(O)c3)sc2c1. The van der Waals surface area contributed by atoms with Crippen LogP contribution in [0, 0.1) is 12.7 Å². The minimum atomic E-state index is -1.02. The summed E-state index contributed by atoms with van der Waals surface area (Å²) in [6.45, 7) is 1.94. The maximum absolute atomic E-state index is 13.4. The minimum Gasteiger partial charge on any atom is -0.508 e. The van der Waals surface area contributed by atoms with Crippen molar-refractivity contribution in [2.75, 3.05) is 4.90 Å². The van der Waals surface area contributed by atoms with Gasteiger partial charge in [0.2, 0.25) is 0 Å². The van der Waals surface area contributed by atoms with Crippen molar-refractivity contribution in [2.45, 2.75) is 13.0 Å². The topological polar surface area (TPSA) is 90.7 Å². The molecule has 1 aliphatic heterocycles. The van der Waals surface area contributed by atoms with Gasteiger partial charge in [0.25, 0.3) is 5.78 Å². The van der Waals surface area contributed by atoms with Gasteiger partial charge in [0.05, 0.1) is 21.8 Å². The number of aliphatic hydroxyl groups excluding tert-OH is 1. The van der Waals surface area contributed by atoms with Crippen LogP contribution in [0.4, 0.5) is 9.52 Å². The van der Waals surface area contributed by atoms with E-state index in [4.69, 9.17) is 0 Å². The Labute approximate surface area is 191 Å². The van der Waals surface area contributed by atoms with Crippen LogP contribution in [0.25, 0.3) is 16.0 Å². The number of hydrogen-bond donors (Lipinski definition) is 2. The molecule has 3 aromatic carbocycles. The fraction of sp³-hybridized carbons (Fsp3) is 0.0800. The first-order valence-electron chi connectivity index (χ1n) is 10.1. The van der Waals surface area contributed by atoms with E-state index in [-0.39, 0.29) is 16.9 Å². The number of phenols is 1. The number of carbonyl (C=O) groups is 2. The van der Waals surface area contributed by atoms with Crippen molar-refractivity contribution in [3.05, 3.63) is 94.8 Å². The molecule has 1 unspecified atom stereocenters. The van der Waals surface area contributed by atoms with Crippen molar-refractivity contribution in [1.82, 2.24) is 4.98 Å². The second-order valence-electron chi connectivity index (χ2n) is 7.74. The zero-order valence-corrected chi connectivity index (χ0v) is 18.1. The molecule has 0 radical (unpaired) electrons. The van der Waals surface area contributed by atoms with Gasteiger partial charge in [0.1, 0.15) is 17.3 Å². The molecule has 1 atom stereocenters. The summed E-state index contributed by atoms with van der Waals surface area (Å²) in [6, 6.07) is 15.8. The molecular weight excluding hydrogens is 443 g/mol. The predicted octanol–water partition coefficient (Wildman–Crippen LogP) is 5.08. The highest BCUT2D eigenvalue weighted by Crippen LogP contribution is 2.44. The van der Waals surface area contributed by atoms with Crippen LogP contribution in [-0.2, 0) is 9.59 Å². The van der Waals surface area contributed by atoms with Crippen molar-refractivity contribution < 1.29 is 24.2 Å². The molecule has 4 aromatic rings. The number of fused-ring (bicyclic) bond motifs is 1. The summed E-state index contributed by atoms with van der Waals surface area (Å²) >= 11 is 1.25. The maximum atomic E-state index is 13.4. The van der Waals surface area contributed by atoms with Crippen LogP contribution in [0.1, 0.15) is 22.7 Å². The third kappa shape index (κ3) is 3.54. The van der Waals surface area contributed by atoms with Gasteiger partial charge >= 0.3 is 5.91 Å². The number of thiazole rings is 1. The number of aryl methyl sites for hydroxylation is 1. The lowest BCUT2D eigenvalue weighted by Crippen LogP contribution is -2.29. The number of hydrogen-bond acceptors (Lipinski definition) is 6. The first-order chi connectivity index (χ1) is 15.8. The van der Waals surface area contributed by atoms with Crippen LogP contribution in [-0.4, -0.2) is 26.9 Å². The van der Waals surface area contributed by atoms with Gasteiger partial charge in [-0.15, -0.1) is 0 Å². The number of phenolic OH excluding ortho intramolecular Hbond substituents is 1. The minimum absolute atomic E-state index is 0.0557. The van der Waals surface area contributed by atoms with Crippen molar-refractivity contribution in [3.63, 3.8) is 0 Å². The summed E-state index contributed by atoms with van der Waals surface area (Å²) in [6.07, 6.45) is 0. The fourth-order valence-corrected chi connectivity index (χ4v) is 5.02. The lowest BCUT2D eigenvalue weighted by molar-refractivity contribution is -0.132. The molecule has 0 aliphatic carbocycles. The summed E-state index contributed by atoms with van der Waals surface area (Å²) in [5.74, 6) is -2.72. The number of aromatic hydroxyl groups is 1. The molecule has 1 saturated heterocycles. The molecule has 2 N–H and O–H groups in total. The molecule has 1 aromatic heterocycles. The Balaban J connectivity index is 1.74. The highest BCUT2D eigenvalue weighted by Gasteiger charge is 2.48. The van der Waals surface area contributed by atoms with E-state index in [1.54, 1.807) is 12.1 Å². The number of nitrogens with zero attached hydrogens (tertiary/aromatic N) is 2. The lowest BCUT2D eigenvalue weighted by Gasteiger charge is -2.23. The summed E-state index contributed by atoms with van der Waals surface area (Å²) in [5, 5.41) is 21.4. The maximum Gasteiger partial charge on any atom is 0.301 e. The lowest BCUT2D eigenvalue weighted by atomic mass is 9.95. The van der Waals surface area contributed by atoms with Crippen LogP contribution < -0.4 is 4.90 Å². The molecule has 2 heterocycles. The number of aliphatic hydroxyl groups is 1. The van der Waals surface area contributed by atoms with Crippen molar-refractivity contribution >= 4 is 44.1 Å². The average molecular weight is 460 g/mol. The summed E-state index contributed by atoms with van der Waals surface area (Å²) in [7, 11) is 0. The van der Waals surface area contributed by atoms with E-state index >= 15 is 0 Å². The molecule has 6 nitrogen and oxygen atoms in total. The number of amides is 1. The fourth-order valence-electron chi connectivity index (χ4n) is 3.93. The second kappa shape index (κ2) is 7.83. The standard InChI is InChI=1S/C25H17FN2O4S/c1-13-5-10-18-19(11-13)33-25(27-18)28-21(15-3-2-4-17(29)12-15)20(23(31)24(28)32)22(30)14-6-8-16(26)9-7-14/h2-12,21,29-30H,1H3/b22-20+. The van der Waals surface area contributed by atoms with Crippen molar-refractivity contribution in [3.8, 4) is 5.75 Å². The number of ketones is 1. The molecule has 0 spiro atoms. The molecule has 33 heavy (non-hydrogen) atoms. The zero-order chi connectivity index (χ0) is 23.3. The molecule has 1 fully saturated rings. The van der Waals surface area contributed by atoms with Crippen LogP contribution in [0.5, 0.6) is 5.75 Å². The smallest absolute Gasteiger partial charge is 0.301 e. The Morgan fingerprint density at radius 2 is 1.82 bits per heavy atom. The van der Waals surface area contributed by atoms with E-state index in [0.29, 0.717) is 16.2 Å². The van der Waals surface area contributed by atoms with Gasteiger partial charge in [-0.25, -0.2) is 9.37 Å². The van der Waals surface area contributed by atoms with Gasteiger partial charge in [-0.2, -0.15) is 0 Å². The summed E-state index contributed by atoms with van der Waals surface area (Å²) in [4.78, 5) is 32.1. The van der Waals surface area contributed by atoms with E-state index in [9.17, 15) is 24.2 Å². The monoisotopic (exact) mass is 460 g/mol. The quantitative estimate of drug-likeness (QED) is 0.253. The number of aromatic nitrogens is 1. The number of rotatable bonds is 3. The Morgan fingerprint density at radius 3 is 2.55 bits per heavy atom. The van der Waals surface area contributed by atoms with Crippen LogP contribution in [0.3, 0.4) is 0 Å². The Bertz CT molecular complexity index is 1460. The largest absolute Gasteiger partial charge is 0.508 e. The number of benzene rings is 3. The summed E-state index contributed by atoms with van der Waals surface area (Å²) < 4.78 is 14.3. The molecule has 0 bridgehead atoms. The Hall–Kier alpha value is -4.04. The van der Waals surface area contributed by atoms with Crippen molar-refractivity contribution in [2.24, 2.45) is 0 Å². The van der Waals surface area contributed by atoms with Gasteiger partial charge in [0.15, 0.2) is 5.13 Å². The van der Waals surface area contributed by atoms with E-state index in [0.717, 1.165) is 22.4 Å². The molecular formula is C25H17FN2O4S. The molecule has 0 saturated carbocycles. The number of Topliss-reactive ketones (excluding diaryl/α,β-unsaturated/α-hetero) is 1. The third-order valence-electron chi connectivity index (χ3n) is 5.49. The highest BCUT2D eigenvalue weighted by molar-refractivity contribution is 7.22. The average Bonchev–Trinajstić information content (AvgIpc) is 3.32. The summed E-state index contributed by atoms with van der Waals surface area (Å²) in [5.41, 5.74) is 2.16. The van der Waals surface area contributed by atoms with Crippen LogP contribution in [0.15, 0.2) is 72.3 Å². The van der Waals surface area contributed by atoms with Gasteiger partial charge in [-0.05, 0) is 66.6 Å². The first-order valence-corrected chi connectivity index (χ1v) is 10.9. The molecule has 1 amide bonds. The van der Waals surface area contributed by atoms with Gasteiger partial charge in [0, 0.05) is 5.56 Å². The Morgan fingerprint density at radius 1 is 1.06 bits per heavy atom. The second-order valence-corrected chi connectivity index (χ2v) is 8.75. The molecule has 164 valence electrons. The van der Waals surface area contributed by atoms with Crippen molar-refractivity contribution in [1.29, 1.82) is 0 Å². The van der Waals surface area contributed by atoms with Gasteiger partial charge < -0.3 is 10.2 Å². The highest BCUT2D eigenvalue weighted by atomic mass is 32.1. The van der Waals surface area contributed by atoms with Gasteiger partial charge in [-0.1, -0.05) is 29.5 Å². The Kier molecular flexibility index (Phi) is 4.94. The zero-order valence-electron chi connectivity index (χ0n) is 17.3. The third-order valence-corrected chi connectivity index (χ3v) is 6.50. The molecule has 1 aliphatic rings. The molecule has 5 rings (SSSR count). The van der Waals surface area contributed by atoms with Gasteiger partial charge in [-0.3, -0.25) is 14.5 Å². The number of carbonyl (C=O) groups excluding carboxylic acids is 2. The van der Waals surface area contributed by atoms with E-state index in [2.05, 4.69) is 4.98 Å².